The summed E-state index contributed by atoms with van der Waals surface area (Å²) in [5.41, 5.74) is -0.487. The van der Waals surface area contributed by atoms with Gasteiger partial charge in [0.1, 0.15) is 0 Å². The van der Waals surface area contributed by atoms with Crippen LogP contribution in [0.5, 0.6) is 0 Å². The van der Waals surface area contributed by atoms with Gasteiger partial charge in [0.2, 0.25) is 5.91 Å². The Morgan fingerprint density at radius 2 is 2.12 bits per heavy atom. The number of nitrogens with zero attached hydrogens (tertiary/aromatic N) is 1. The van der Waals surface area contributed by atoms with E-state index in [1.54, 1.807) is 0 Å². The predicted molar refractivity (Wildman–Crippen MR) is 69.0 cm³/mol. The molecule has 0 radical (unpaired) electrons. The van der Waals surface area contributed by atoms with Gasteiger partial charge in [-0.1, -0.05) is 13.8 Å². The zero-order chi connectivity index (χ0) is 13.1. The van der Waals surface area contributed by atoms with Gasteiger partial charge in [-0.05, 0) is 33.7 Å². The van der Waals surface area contributed by atoms with Crippen molar-refractivity contribution >= 4 is 5.91 Å². The molecule has 2 atom stereocenters. The van der Waals surface area contributed by atoms with Crippen LogP contribution >= 0.6 is 0 Å². The van der Waals surface area contributed by atoms with Crippen LogP contribution < -0.4 is 5.32 Å². The van der Waals surface area contributed by atoms with Crippen molar-refractivity contribution in [2.75, 3.05) is 19.7 Å². The number of amides is 1. The molecule has 0 aliphatic carbocycles. The third-order valence-electron chi connectivity index (χ3n) is 3.35. The Hall–Kier alpha value is -0.610. The molecule has 4 heteroatoms. The molecule has 0 aromatic heterocycles. The van der Waals surface area contributed by atoms with Gasteiger partial charge >= 0.3 is 0 Å². The van der Waals surface area contributed by atoms with Crippen LogP contribution in [0.25, 0.3) is 0 Å². The minimum Gasteiger partial charge on any atom is -0.375 e. The number of likely N-dealkylation sites (N-methyl/N-ethyl adjacent to an activating group) is 1. The first-order valence-electron chi connectivity index (χ1n) is 6.60. The second kappa shape index (κ2) is 5.83. The Labute approximate surface area is 105 Å². The molecule has 1 N–H and O–H groups in total. The summed E-state index contributed by atoms with van der Waals surface area (Å²) in [5, 5.41) is 3.25. The molecule has 1 amide bonds. The molecular formula is C13H26N2O2. The lowest BCUT2D eigenvalue weighted by Gasteiger charge is -2.42. The Balaban J connectivity index is 2.76. The largest absolute Gasteiger partial charge is 0.375 e. The number of carbonyl (C=O) groups excluding carboxylic acids is 1. The Morgan fingerprint density at radius 3 is 2.65 bits per heavy atom. The van der Waals surface area contributed by atoms with Gasteiger partial charge in [0.05, 0.1) is 24.3 Å². The van der Waals surface area contributed by atoms with Gasteiger partial charge in [0, 0.05) is 6.54 Å². The van der Waals surface area contributed by atoms with Crippen LogP contribution in [0.2, 0.25) is 0 Å². The maximum absolute atomic E-state index is 12.5. The second-order valence-electron chi connectivity index (χ2n) is 5.32. The van der Waals surface area contributed by atoms with Crippen molar-refractivity contribution in [3.63, 3.8) is 0 Å². The summed E-state index contributed by atoms with van der Waals surface area (Å²) < 4.78 is 5.62. The molecule has 100 valence electrons. The average Bonchev–Trinajstić information content (AvgIpc) is 2.28. The molecule has 1 aliphatic rings. The Kier molecular flexibility index (Phi) is 4.95. The number of nitrogens with one attached hydrogen (secondary N) is 1. The van der Waals surface area contributed by atoms with Gasteiger partial charge in [0.15, 0.2) is 0 Å². The highest BCUT2D eigenvalue weighted by atomic mass is 16.5. The molecule has 1 heterocycles. The van der Waals surface area contributed by atoms with E-state index in [1.807, 2.05) is 32.6 Å². The summed E-state index contributed by atoms with van der Waals surface area (Å²) >= 11 is 0. The third-order valence-corrected chi connectivity index (χ3v) is 3.35. The summed E-state index contributed by atoms with van der Waals surface area (Å²) in [7, 11) is 0. The SMILES string of the molecule is CCNC(C)(C)C(=O)N1CC(C)OCC1CC. The first kappa shape index (κ1) is 14.5. The number of carbonyl (C=O) groups is 1. The van der Waals surface area contributed by atoms with Crippen molar-refractivity contribution in [3.8, 4) is 0 Å². The van der Waals surface area contributed by atoms with E-state index >= 15 is 0 Å². The zero-order valence-electron chi connectivity index (χ0n) is 11.7. The van der Waals surface area contributed by atoms with Crippen molar-refractivity contribution in [1.82, 2.24) is 10.2 Å². The Bertz CT molecular complexity index is 266. The van der Waals surface area contributed by atoms with Crippen LogP contribution in [-0.2, 0) is 9.53 Å². The van der Waals surface area contributed by atoms with Crippen LogP contribution in [0.15, 0.2) is 0 Å². The molecule has 1 fully saturated rings. The summed E-state index contributed by atoms with van der Waals surface area (Å²) in [6, 6.07) is 0.219. The highest BCUT2D eigenvalue weighted by Crippen LogP contribution is 2.19. The zero-order valence-corrected chi connectivity index (χ0v) is 11.7. The van der Waals surface area contributed by atoms with Crippen LogP contribution in [0, 0.1) is 0 Å². The van der Waals surface area contributed by atoms with Crippen LogP contribution in [-0.4, -0.2) is 48.2 Å². The van der Waals surface area contributed by atoms with E-state index < -0.39 is 5.54 Å². The smallest absolute Gasteiger partial charge is 0.242 e. The van der Waals surface area contributed by atoms with Gasteiger partial charge in [-0.3, -0.25) is 4.79 Å². The summed E-state index contributed by atoms with van der Waals surface area (Å²) in [6.07, 6.45) is 1.08. The minimum absolute atomic E-state index is 0.138. The molecule has 1 aliphatic heterocycles. The lowest BCUT2D eigenvalue weighted by atomic mass is 10.00. The maximum Gasteiger partial charge on any atom is 0.242 e. The first-order valence-corrected chi connectivity index (χ1v) is 6.60. The lowest BCUT2D eigenvalue weighted by Crippen LogP contribution is -2.60. The molecule has 2 unspecified atom stereocenters. The molecule has 0 aromatic carbocycles. The minimum atomic E-state index is -0.487. The van der Waals surface area contributed by atoms with Gasteiger partial charge in [0.25, 0.3) is 0 Å². The van der Waals surface area contributed by atoms with Gasteiger partial charge < -0.3 is 15.0 Å². The highest BCUT2D eigenvalue weighted by Gasteiger charge is 2.37. The summed E-state index contributed by atoms with van der Waals surface area (Å²) in [5.74, 6) is 0.182. The predicted octanol–water partition coefficient (Wildman–Crippen LogP) is 1.40. The monoisotopic (exact) mass is 242 g/mol. The highest BCUT2D eigenvalue weighted by molar-refractivity contribution is 5.86. The van der Waals surface area contributed by atoms with E-state index in [1.165, 1.54) is 0 Å². The molecule has 0 spiro atoms. The molecular weight excluding hydrogens is 216 g/mol. The van der Waals surface area contributed by atoms with E-state index in [4.69, 9.17) is 4.74 Å². The lowest BCUT2D eigenvalue weighted by molar-refractivity contribution is -0.150. The van der Waals surface area contributed by atoms with Crippen LogP contribution in [0.3, 0.4) is 0 Å². The van der Waals surface area contributed by atoms with Crippen molar-refractivity contribution in [1.29, 1.82) is 0 Å². The number of rotatable bonds is 4. The van der Waals surface area contributed by atoms with Crippen LogP contribution in [0.1, 0.15) is 41.0 Å². The van der Waals surface area contributed by atoms with E-state index in [0.29, 0.717) is 13.2 Å². The normalized spacial score (nSPS) is 26.1. The second-order valence-corrected chi connectivity index (χ2v) is 5.32. The van der Waals surface area contributed by atoms with Gasteiger partial charge in [-0.25, -0.2) is 0 Å². The molecule has 0 bridgehead atoms. The quantitative estimate of drug-likeness (QED) is 0.810. The van der Waals surface area contributed by atoms with E-state index in [9.17, 15) is 4.79 Å². The molecule has 0 saturated carbocycles. The third kappa shape index (κ3) is 3.42. The number of ether oxygens (including phenoxy) is 1. The number of hydrogen-bond donors (Lipinski definition) is 1. The van der Waals surface area contributed by atoms with Crippen molar-refractivity contribution in [3.05, 3.63) is 0 Å². The fourth-order valence-electron chi connectivity index (χ4n) is 2.31. The van der Waals surface area contributed by atoms with Gasteiger partial charge in [-0.2, -0.15) is 0 Å². The molecule has 0 aromatic rings. The Morgan fingerprint density at radius 1 is 1.47 bits per heavy atom. The number of morpholine rings is 1. The summed E-state index contributed by atoms with van der Waals surface area (Å²) in [6.45, 7) is 12.2. The first-order chi connectivity index (χ1) is 7.92. The van der Waals surface area contributed by atoms with Crippen molar-refractivity contribution in [2.45, 2.75) is 58.7 Å². The fourth-order valence-corrected chi connectivity index (χ4v) is 2.31. The summed E-state index contributed by atoms with van der Waals surface area (Å²) in [4.78, 5) is 14.5. The van der Waals surface area contributed by atoms with Gasteiger partial charge in [-0.15, -0.1) is 0 Å². The van der Waals surface area contributed by atoms with E-state index in [2.05, 4.69) is 12.2 Å². The van der Waals surface area contributed by atoms with Crippen LogP contribution in [0.4, 0.5) is 0 Å². The maximum atomic E-state index is 12.5. The molecule has 1 saturated heterocycles. The molecule has 17 heavy (non-hydrogen) atoms. The molecule has 1 rings (SSSR count). The van der Waals surface area contributed by atoms with E-state index in [-0.39, 0.29) is 18.1 Å². The van der Waals surface area contributed by atoms with Crippen molar-refractivity contribution in [2.24, 2.45) is 0 Å². The topological polar surface area (TPSA) is 41.6 Å². The average molecular weight is 242 g/mol. The standard InChI is InChI=1S/C13H26N2O2/c1-6-11-9-17-10(3)8-15(11)12(16)13(4,5)14-7-2/h10-11,14H,6-9H2,1-5H3. The number of hydrogen-bond acceptors (Lipinski definition) is 3. The molecule has 4 nitrogen and oxygen atoms in total. The fraction of sp³-hybridized carbons (Fsp3) is 0.923. The van der Waals surface area contributed by atoms with E-state index in [0.717, 1.165) is 13.0 Å². The van der Waals surface area contributed by atoms with Crippen molar-refractivity contribution < 1.29 is 9.53 Å².